The highest BCUT2D eigenvalue weighted by atomic mass is 19.1. The SMILES string of the molecule is CC(C)N(C)CCOC(=O)c1ccc(F)cc1. The number of benzene rings is 1. The first-order chi connectivity index (χ1) is 8.00. The summed E-state index contributed by atoms with van der Waals surface area (Å²) in [5.41, 5.74) is 0.374. The topological polar surface area (TPSA) is 29.5 Å². The molecule has 1 rings (SSSR count). The van der Waals surface area contributed by atoms with Crippen molar-refractivity contribution in [2.45, 2.75) is 19.9 Å². The molecular weight excluding hydrogens is 221 g/mol. The molecule has 0 unspecified atom stereocenters. The van der Waals surface area contributed by atoms with E-state index in [1.54, 1.807) is 0 Å². The van der Waals surface area contributed by atoms with Gasteiger partial charge in [0, 0.05) is 12.6 Å². The monoisotopic (exact) mass is 239 g/mol. The van der Waals surface area contributed by atoms with E-state index in [2.05, 4.69) is 18.7 Å². The second-order valence-corrected chi connectivity index (χ2v) is 4.22. The van der Waals surface area contributed by atoms with Gasteiger partial charge in [0.1, 0.15) is 12.4 Å². The number of nitrogens with zero attached hydrogens (tertiary/aromatic N) is 1. The van der Waals surface area contributed by atoms with Crippen LogP contribution in [0.1, 0.15) is 24.2 Å². The number of carbonyl (C=O) groups is 1. The summed E-state index contributed by atoms with van der Waals surface area (Å²) in [6, 6.07) is 5.75. The van der Waals surface area contributed by atoms with E-state index in [1.807, 2.05) is 7.05 Å². The molecule has 0 aliphatic rings. The van der Waals surface area contributed by atoms with Gasteiger partial charge in [0.15, 0.2) is 0 Å². The number of halogens is 1. The van der Waals surface area contributed by atoms with Gasteiger partial charge >= 0.3 is 5.97 Å². The zero-order valence-electron chi connectivity index (χ0n) is 10.4. The van der Waals surface area contributed by atoms with Crippen molar-refractivity contribution in [2.24, 2.45) is 0 Å². The van der Waals surface area contributed by atoms with Crippen molar-refractivity contribution in [1.82, 2.24) is 4.90 Å². The Kier molecular flexibility index (Phi) is 5.10. The molecule has 1 aromatic rings. The van der Waals surface area contributed by atoms with Gasteiger partial charge in [-0.2, -0.15) is 0 Å². The summed E-state index contributed by atoms with van der Waals surface area (Å²) in [7, 11) is 1.97. The van der Waals surface area contributed by atoms with Crippen LogP contribution >= 0.6 is 0 Å². The third-order valence-corrected chi connectivity index (χ3v) is 2.64. The van der Waals surface area contributed by atoms with Crippen LogP contribution in [0.25, 0.3) is 0 Å². The Balaban J connectivity index is 2.37. The minimum atomic E-state index is -0.415. The highest BCUT2D eigenvalue weighted by Crippen LogP contribution is 2.04. The van der Waals surface area contributed by atoms with Crippen molar-refractivity contribution in [1.29, 1.82) is 0 Å². The zero-order valence-corrected chi connectivity index (χ0v) is 10.4. The summed E-state index contributed by atoms with van der Waals surface area (Å²) < 4.78 is 17.7. The molecule has 94 valence electrons. The van der Waals surface area contributed by atoms with Crippen molar-refractivity contribution >= 4 is 5.97 Å². The molecule has 1 aromatic carbocycles. The predicted molar refractivity (Wildman–Crippen MR) is 64.4 cm³/mol. The molecule has 0 fully saturated rings. The Morgan fingerprint density at radius 2 is 1.94 bits per heavy atom. The number of likely N-dealkylation sites (N-methyl/N-ethyl adjacent to an activating group) is 1. The number of carbonyl (C=O) groups excluding carboxylic acids is 1. The lowest BCUT2D eigenvalue weighted by Crippen LogP contribution is -2.30. The molecule has 0 heterocycles. The van der Waals surface area contributed by atoms with Crippen LogP contribution in [0.15, 0.2) is 24.3 Å². The average molecular weight is 239 g/mol. The maximum absolute atomic E-state index is 12.6. The Bertz CT molecular complexity index is 362. The largest absolute Gasteiger partial charge is 0.461 e. The predicted octanol–water partition coefficient (Wildman–Crippen LogP) is 2.32. The fourth-order valence-corrected chi connectivity index (χ4v) is 1.21. The smallest absolute Gasteiger partial charge is 0.338 e. The molecule has 0 aliphatic heterocycles. The van der Waals surface area contributed by atoms with Crippen molar-refractivity contribution in [3.05, 3.63) is 35.6 Å². The summed E-state index contributed by atoms with van der Waals surface area (Å²) in [6.45, 7) is 5.17. The Morgan fingerprint density at radius 3 is 2.47 bits per heavy atom. The van der Waals surface area contributed by atoms with E-state index in [0.29, 0.717) is 24.8 Å². The molecule has 0 aliphatic carbocycles. The van der Waals surface area contributed by atoms with Crippen molar-refractivity contribution < 1.29 is 13.9 Å². The third kappa shape index (κ3) is 4.53. The fourth-order valence-electron chi connectivity index (χ4n) is 1.21. The summed E-state index contributed by atoms with van der Waals surface area (Å²) >= 11 is 0. The van der Waals surface area contributed by atoms with E-state index in [4.69, 9.17) is 4.74 Å². The second-order valence-electron chi connectivity index (χ2n) is 4.22. The molecule has 0 radical (unpaired) electrons. The Labute approximate surface area is 101 Å². The molecular formula is C13H18FNO2. The summed E-state index contributed by atoms with van der Waals surface area (Å²) in [6.07, 6.45) is 0. The average Bonchev–Trinajstić information content (AvgIpc) is 2.29. The Morgan fingerprint density at radius 1 is 1.35 bits per heavy atom. The normalized spacial score (nSPS) is 10.9. The molecule has 17 heavy (non-hydrogen) atoms. The van der Waals surface area contributed by atoms with Gasteiger partial charge in [-0.3, -0.25) is 0 Å². The highest BCUT2D eigenvalue weighted by molar-refractivity contribution is 5.89. The van der Waals surface area contributed by atoms with Crippen molar-refractivity contribution in [3.8, 4) is 0 Å². The number of hydrogen-bond donors (Lipinski definition) is 0. The first-order valence-electron chi connectivity index (χ1n) is 5.63. The summed E-state index contributed by atoms with van der Waals surface area (Å²) in [4.78, 5) is 13.6. The number of esters is 1. The summed E-state index contributed by atoms with van der Waals surface area (Å²) in [5.74, 6) is -0.775. The van der Waals surface area contributed by atoms with Gasteiger partial charge in [-0.25, -0.2) is 9.18 Å². The minimum Gasteiger partial charge on any atom is -0.461 e. The lowest BCUT2D eigenvalue weighted by molar-refractivity contribution is 0.0461. The molecule has 0 atom stereocenters. The lowest BCUT2D eigenvalue weighted by atomic mass is 10.2. The maximum Gasteiger partial charge on any atom is 0.338 e. The summed E-state index contributed by atoms with van der Waals surface area (Å²) in [5, 5.41) is 0. The van der Waals surface area contributed by atoms with Crippen LogP contribution < -0.4 is 0 Å². The molecule has 0 amide bonds. The number of rotatable bonds is 5. The van der Waals surface area contributed by atoms with Gasteiger partial charge in [-0.05, 0) is 45.2 Å². The van der Waals surface area contributed by atoms with Gasteiger partial charge in [0.2, 0.25) is 0 Å². The van der Waals surface area contributed by atoms with Crippen molar-refractivity contribution in [3.63, 3.8) is 0 Å². The quantitative estimate of drug-likeness (QED) is 0.738. The fraction of sp³-hybridized carbons (Fsp3) is 0.462. The molecule has 0 aromatic heterocycles. The molecule has 3 nitrogen and oxygen atoms in total. The second kappa shape index (κ2) is 6.35. The van der Waals surface area contributed by atoms with Crippen LogP contribution in [0.2, 0.25) is 0 Å². The van der Waals surface area contributed by atoms with Gasteiger partial charge in [-0.15, -0.1) is 0 Å². The van der Waals surface area contributed by atoms with Gasteiger partial charge < -0.3 is 9.64 Å². The number of hydrogen-bond acceptors (Lipinski definition) is 3. The van der Waals surface area contributed by atoms with Crippen LogP contribution in [-0.2, 0) is 4.74 Å². The first kappa shape index (κ1) is 13.6. The molecule has 0 spiro atoms. The van der Waals surface area contributed by atoms with Crippen LogP contribution in [0, 0.1) is 5.82 Å². The van der Waals surface area contributed by atoms with Crippen LogP contribution in [0.5, 0.6) is 0 Å². The van der Waals surface area contributed by atoms with Gasteiger partial charge in [-0.1, -0.05) is 0 Å². The first-order valence-corrected chi connectivity index (χ1v) is 5.63. The molecule has 4 heteroatoms. The molecule has 0 saturated carbocycles. The third-order valence-electron chi connectivity index (χ3n) is 2.64. The van der Waals surface area contributed by atoms with E-state index < -0.39 is 5.97 Å². The van der Waals surface area contributed by atoms with E-state index in [-0.39, 0.29) is 5.82 Å². The highest BCUT2D eigenvalue weighted by Gasteiger charge is 2.08. The van der Waals surface area contributed by atoms with E-state index in [0.717, 1.165) is 0 Å². The van der Waals surface area contributed by atoms with E-state index in [1.165, 1.54) is 24.3 Å². The van der Waals surface area contributed by atoms with Crippen molar-refractivity contribution in [2.75, 3.05) is 20.2 Å². The standard InChI is InChI=1S/C13H18FNO2/c1-10(2)15(3)8-9-17-13(16)11-4-6-12(14)7-5-11/h4-7,10H,8-9H2,1-3H3. The van der Waals surface area contributed by atoms with E-state index in [9.17, 15) is 9.18 Å². The van der Waals surface area contributed by atoms with Crippen LogP contribution in [0.3, 0.4) is 0 Å². The minimum absolute atomic E-state index is 0.338. The van der Waals surface area contributed by atoms with Gasteiger partial charge in [0.25, 0.3) is 0 Å². The molecule has 0 saturated heterocycles. The van der Waals surface area contributed by atoms with Crippen LogP contribution in [-0.4, -0.2) is 37.1 Å². The number of ether oxygens (including phenoxy) is 1. The lowest BCUT2D eigenvalue weighted by Gasteiger charge is -2.20. The van der Waals surface area contributed by atoms with E-state index >= 15 is 0 Å². The zero-order chi connectivity index (χ0) is 12.8. The van der Waals surface area contributed by atoms with Gasteiger partial charge in [0.05, 0.1) is 5.56 Å². The Hall–Kier alpha value is -1.42. The maximum atomic E-state index is 12.6. The molecule has 0 N–H and O–H groups in total. The van der Waals surface area contributed by atoms with Crippen LogP contribution in [0.4, 0.5) is 4.39 Å². The molecule has 0 bridgehead atoms.